The number of nitrogens with one attached hydrogen (secondary N) is 1. The van der Waals surface area contributed by atoms with Crippen LogP contribution in [0.1, 0.15) is 17.7 Å². The fourth-order valence-electron chi connectivity index (χ4n) is 1.89. The van der Waals surface area contributed by atoms with Gasteiger partial charge in [0.2, 0.25) is 5.91 Å². The molecule has 0 saturated carbocycles. The summed E-state index contributed by atoms with van der Waals surface area (Å²) >= 11 is 9.04. The maximum Gasteiger partial charge on any atom is 0.230 e. The minimum absolute atomic E-state index is 0.0848. The summed E-state index contributed by atoms with van der Waals surface area (Å²) in [6.45, 7) is 1.37. The van der Waals surface area contributed by atoms with Gasteiger partial charge in [-0.3, -0.25) is 4.79 Å². The number of thioether (sulfide) groups is 1. The monoisotopic (exact) mass is 369 g/mol. The first-order valence-electron chi connectivity index (χ1n) is 7.50. The fraction of sp³-hybridized carbons (Fsp3) is 0.353. The lowest BCUT2D eigenvalue weighted by molar-refractivity contribution is -0.118. The molecule has 2 rings (SSSR count). The van der Waals surface area contributed by atoms with Gasteiger partial charge in [-0.05, 0) is 37.1 Å². The minimum Gasteiger partial charge on any atom is -0.494 e. The van der Waals surface area contributed by atoms with E-state index < -0.39 is 0 Å². The summed E-state index contributed by atoms with van der Waals surface area (Å²) in [4.78, 5) is 12.9. The molecule has 0 aliphatic heterocycles. The predicted molar refractivity (Wildman–Crippen MR) is 99.7 cm³/mol. The lowest BCUT2D eigenvalue weighted by Gasteiger charge is -2.07. The van der Waals surface area contributed by atoms with Crippen LogP contribution in [0, 0.1) is 0 Å². The van der Waals surface area contributed by atoms with Crippen molar-refractivity contribution < 1.29 is 9.53 Å². The van der Waals surface area contributed by atoms with Gasteiger partial charge in [0.1, 0.15) is 5.75 Å². The fourth-order valence-corrected chi connectivity index (χ4v) is 3.94. The summed E-state index contributed by atoms with van der Waals surface area (Å²) in [7, 11) is 0. The van der Waals surface area contributed by atoms with Gasteiger partial charge in [-0.1, -0.05) is 29.8 Å². The van der Waals surface area contributed by atoms with Gasteiger partial charge in [0.25, 0.3) is 0 Å². The second-order valence-corrected chi connectivity index (χ2v) is 7.70. The van der Waals surface area contributed by atoms with Gasteiger partial charge >= 0.3 is 0 Å². The van der Waals surface area contributed by atoms with Gasteiger partial charge in [-0.25, -0.2) is 0 Å². The quantitative estimate of drug-likeness (QED) is 0.621. The third-order valence-corrected chi connectivity index (χ3v) is 5.41. The van der Waals surface area contributed by atoms with E-state index in [1.165, 1.54) is 4.88 Å². The summed E-state index contributed by atoms with van der Waals surface area (Å²) in [6.07, 6.45) is 1.85. The zero-order valence-corrected chi connectivity index (χ0v) is 15.2. The normalized spacial score (nSPS) is 10.5. The van der Waals surface area contributed by atoms with Crippen LogP contribution >= 0.6 is 34.7 Å². The number of rotatable bonds is 10. The highest BCUT2D eigenvalue weighted by Gasteiger charge is 2.03. The van der Waals surface area contributed by atoms with Crippen LogP contribution in [-0.4, -0.2) is 24.8 Å². The lowest BCUT2D eigenvalue weighted by Crippen LogP contribution is -2.26. The van der Waals surface area contributed by atoms with E-state index in [4.69, 9.17) is 16.3 Å². The molecule has 1 aromatic carbocycles. The Hall–Kier alpha value is -1.17. The average Bonchev–Trinajstić information content (AvgIpc) is 2.97. The molecule has 0 bridgehead atoms. The summed E-state index contributed by atoms with van der Waals surface area (Å²) in [5, 5.41) is 2.93. The van der Waals surface area contributed by atoms with Gasteiger partial charge < -0.3 is 10.1 Å². The number of unbranched alkanes of at least 4 members (excludes halogenated alkanes) is 1. The zero-order chi connectivity index (χ0) is 16.3. The van der Waals surface area contributed by atoms with Crippen molar-refractivity contribution in [2.45, 2.75) is 18.6 Å². The van der Waals surface area contributed by atoms with Crippen molar-refractivity contribution >= 4 is 40.6 Å². The third kappa shape index (κ3) is 7.77. The number of para-hydroxylation sites is 1. The molecular formula is C17H20ClNO2S2. The van der Waals surface area contributed by atoms with Crippen LogP contribution in [0.3, 0.4) is 0 Å². The van der Waals surface area contributed by atoms with Crippen LogP contribution in [0.15, 0.2) is 42.5 Å². The molecule has 1 aromatic heterocycles. The number of halogens is 1. The van der Waals surface area contributed by atoms with Crippen LogP contribution in [0.2, 0.25) is 4.34 Å². The van der Waals surface area contributed by atoms with Crippen molar-refractivity contribution in [3.8, 4) is 5.75 Å². The molecule has 0 fully saturated rings. The summed E-state index contributed by atoms with van der Waals surface area (Å²) in [5.41, 5.74) is 0. The molecule has 3 nitrogen and oxygen atoms in total. The molecule has 0 atom stereocenters. The molecule has 0 aliphatic rings. The molecule has 1 amide bonds. The Morgan fingerprint density at radius 2 is 2.00 bits per heavy atom. The van der Waals surface area contributed by atoms with Crippen molar-refractivity contribution in [1.29, 1.82) is 0 Å². The second-order valence-electron chi connectivity index (χ2n) is 4.92. The SMILES string of the molecule is O=C(CSCc1ccc(Cl)s1)NCCCCOc1ccccc1. The molecule has 0 spiro atoms. The number of benzene rings is 1. The Balaban J connectivity index is 1.45. The summed E-state index contributed by atoms with van der Waals surface area (Å²) in [6, 6.07) is 13.7. The summed E-state index contributed by atoms with van der Waals surface area (Å²) in [5.74, 6) is 2.29. The Kier molecular flexibility index (Phi) is 8.36. The predicted octanol–water partition coefficient (Wildman–Crippen LogP) is 4.61. The highest BCUT2D eigenvalue weighted by Crippen LogP contribution is 2.24. The number of hydrogen-bond acceptors (Lipinski definition) is 4. The average molecular weight is 370 g/mol. The van der Waals surface area contributed by atoms with E-state index in [1.807, 2.05) is 42.5 Å². The van der Waals surface area contributed by atoms with Crippen molar-refractivity contribution in [3.63, 3.8) is 0 Å². The molecule has 2 aromatic rings. The smallest absolute Gasteiger partial charge is 0.230 e. The molecule has 0 saturated heterocycles. The Labute approximate surface area is 150 Å². The van der Waals surface area contributed by atoms with E-state index in [0.717, 1.165) is 28.7 Å². The highest BCUT2D eigenvalue weighted by molar-refractivity contribution is 7.99. The van der Waals surface area contributed by atoms with Crippen molar-refractivity contribution in [3.05, 3.63) is 51.7 Å². The maximum atomic E-state index is 11.7. The van der Waals surface area contributed by atoms with E-state index in [2.05, 4.69) is 5.32 Å². The molecule has 1 heterocycles. The van der Waals surface area contributed by atoms with Crippen LogP contribution in [0.4, 0.5) is 0 Å². The molecule has 0 unspecified atom stereocenters. The molecule has 6 heteroatoms. The van der Waals surface area contributed by atoms with Crippen molar-refractivity contribution in [2.24, 2.45) is 0 Å². The topological polar surface area (TPSA) is 38.3 Å². The van der Waals surface area contributed by atoms with Crippen LogP contribution in [0.5, 0.6) is 5.75 Å². The van der Waals surface area contributed by atoms with Crippen molar-refractivity contribution in [2.75, 3.05) is 18.9 Å². The maximum absolute atomic E-state index is 11.7. The molecule has 1 N–H and O–H groups in total. The number of thiophene rings is 1. The lowest BCUT2D eigenvalue weighted by atomic mass is 10.3. The molecule has 0 radical (unpaired) electrons. The van der Waals surface area contributed by atoms with Gasteiger partial charge in [0.15, 0.2) is 0 Å². The van der Waals surface area contributed by atoms with E-state index in [9.17, 15) is 4.79 Å². The second kappa shape index (κ2) is 10.6. The van der Waals surface area contributed by atoms with E-state index in [1.54, 1.807) is 23.1 Å². The van der Waals surface area contributed by atoms with Gasteiger partial charge in [-0.15, -0.1) is 23.1 Å². The minimum atomic E-state index is 0.0848. The third-order valence-electron chi connectivity index (χ3n) is 3.01. The molecule has 23 heavy (non-hydrogen) atoms. The number of amides is 1. The first kappa shape index (κ1) is 18.2. The van der Waals surface area contributed by atoms with Crippen LogP contribution in [-0.2, 0) is 10.5 Å². The first-order chi connectivity index (χ1) is 11.2. The Bertz CT molecular complexity index is 589. The summed E-state index contributed by atoms with van der Waals surface area (Å²) < 4.78 is 6.40. The molecular weight excluding hydrogens is 350 g/mol. The number of ether oxygens (including phenoxy) is 1. The van der Waals surface area contributed by atoms with E-state index in [0.29, 0.717) is 18.9 Å². The zero-order valence-electron chi connectivity index (χ0n) is 12.8. The Morgan fingerprint density at radius 3 is 2.74 bits per heavy atom. The standard InChI is InChI=1S/C17H20ClNO2S2/c18-16-9-8-15(23-16)12-22-13-17(20)19-10-4-5-11-21-14-6-2-1-3-7-14/h1-3,6-9H,4-5,10-13H2,(H,19,20). The van der Waals surface area contributed by atoms with Crippen molar-refractivity contribution in [1.82, 2.24) is 5.32 Å². The van der Waals surface area contributed by atoms with Crippen LogP contribution in [0.25, 0.3) is 0 Å². The molecule has 124 valence electrons. The molecule has 0 aliphatic carbocycles. The highest BCUT2D eigenvalue weighted by atomic mass is 35.5. The first-order valence-corrected chi connectivity index (χ1v) is 9.85. The number of hydrogen-bond donors (Lipinski definition) is 1. The largest absolute Gasteiger partial charge is 0.494 e. The van der Waals surface area contributed by atoms with E-state index >= 15 is 0 Å². The number of carbonyl (C=O) groups excluding carboxylic acids is 1. The van der Waals surface area contributed by atoms with Gasteiger partial charge in [0.05, 0.1) is 16.7 Å². The Morgan fingerprint density at radius 1 is 1.17 bits per heavy atom. The van der Waals surface area contributed by atoms with E-state index in [-0.39, 0.29) is 5.91 Å². The number of carbonyl (C=O) groups is 1. The van der Waals surface area contributed by atoms with Gasteiger partial charge in [0, 0.05) is 17.2 Å². The van der Waals surface area contributed by atoms with Gasteiger partial charge in [-0.2, -0.15) is 0 Å². The van der Waals surface area contributed by atoms with Crippen LogP contribution < -0.4 is 10.1 Å².